The van der Waals surface area contributed by atoms with Crippen LogP contribution in [0.3, 0.4) is 0 Å². The van der Waals surface area contributed by atoms with Crippen molar-refractivity contribution in [3.63, 3.8) is 0 Å². The summed E-state index contributed by atoms with van der Waals surface area (Å²) in [5.74, 6) is 0.0154. The molecule has 2 aliphatic heterocycles. The van der Waals surface area contributed by atoms with Crippen LogP contribution in [0.4, 0.5) is 8.78 Å². The van der Waals surface area contributed by atoms with Crippen molar-refractivity contribution < 1.29 is 13.5 Å². The van der Waals surface area contributed by atoms with E-state index in [2.05, 4.69) is 42.2 Å². The lowest BCUT2D eigenvalue weighted by atomic mass is 9.92. The van der Waals surface area contributed by atoms with E-state index < -0.39 is 0 Å². The summed E-state index contributed by atoms with van der Waals surface area (Å²) in [5, 5.41) is 0. The molecule has 2 bridgehead atoms. The number of rotatable bonds is 8. The molecule has 0 amide bonds. The normalized spacial score (nSPS) is 23.4. The third-order valence-electron chi connectivity index (χ3n) is 7.71. The molecule has 0 spiro atoms. The van der Waals surface area contributed by atoms with E-state index in [0.717, 1.165) is 36.9 Å². The minimum Gasteiger partial charge on any atom is -0.365 e. The maximum atomic E-state index is 13.6. The highest BCUT2D eigenvalue weighted by Gasteiger charge is 2.42. The van der Waals surface area contributed by atoms with E-state index >= 15 is 0 Å². The number of piperidine rings is 1. The third kappa shape index (κ3) is 5.08. The van der Waals surface area contributed by atoms with Crippen LogP contribution in [0.5, 0.6) is 0 Å². The standard InChI is InChI=1S/C30H33F2NO/c1-2-21(22-6-4-3-5-7-22)20-33-27-16-17-28(33)19-29(18-27)34-30(23-8-12-25(31)13-9-23)24-10-14-26(32)15-11-24/h3-15,21,27-30H,2,16-20H2,1H3/t21-,27-,28+,29?/m1/s1. The fourth-order valence-electron chi connectivity index (χ4n) is 5.90. The summed E-state index contributed by atoms with van der Waals surface area (Å²) in [7, 11) is 0. The lowest BCUT2D eigenvalue weighted by Crippen LogP contribution is -2.47. The molecule has 0 saturated carbocycles. The Balaban J connectivity index is 1.31. The molecule has 0 N–H and O–H groups in total. The third-order valence-corrected chi connectivity index (χ3v) is 7.71. The highest BCUT2D eigenvalue weighted by molar-refractivity contribution is 5.31. The van der Waals surface area contributed by atoms with Crippen molar-refractivity contribution in [2.24, 2.45) is 0 Å². The van der Waals surface area contributed by atoms with Gasteiger partial charge in [-0.15, -0.1) is 0 Å². The molecule has 2 fully saturated rings. The van der Waals surface area contributed by atoms with Gasteiger partial charge in [-0.1, -0.05) is 61.5 Å². The summed E-state index contributed by atoms with van der Waals surface area (Å²) < 4.78 is 33.9. The Morgan fingerprint density at radius 2 is 1.29 bits per heavy atom. The SMILES string of the molecule is CC[C@H](CN1[C@@H]2CC[C@H]1CC(OC(c1ccc(F)cc1)c1ccc(F)cc1)C2)c1ccccc1. The molecule has 3 aromatic carbocycles. The number of benzene rings is 3. The van der Waals surface area contributed by atoms with E-state index in [9.17, 15) is 8.78 Å². The van der Waals surface area contributed by atoms with Crippen LogP contribution in [-0.2, 0) is 4.74 Å². The van der Waals surface area contributed by atoms with Crippen LogP contribution < -0.4 is 0 Å². The van der Waals surface area contributed by atoms with Gasteiger partial charge < -0.3 is 4.74 Å². The smallest absolute Gasteiger partial charge is 0.123 e. The minimum atomic E-state index is -0.329. The van der Waals surface area contributed by atoms with Gasteiger partial charge in [0, 0.05) is 18.6 Å². The van der Waals surface area contributed by atoms with E-state index in [1.807, 2.05) is 0 Å². The van der Waals surface area contributed by atoms with Gasteiger partial charge in [-0.2, -0.15) is 0 Å². The number of nitrogens with zero attached hydrogens (tertiary/aromatic N) is 1. The Labute approximate surface area is 201 Å². The van der Waals surface area contributed by atoms with Gasteiger partial charge in [0.2, 0.25) is 0 Å². The zero-order chi connectivity index (χ0) is 23.5. The highest BCUT2D eigenvalue weighted by atomic mass is 19.1. The quantitative estimate of drug-likeness (QED) is 0.350. The molecule has 34 heavy (non-hydrogen) atoms. The number of fused-ring (bicyclic) bond motifs is 2. The molecular formula is C30H33F2NO. The Morgan fingerprint density at radius 3 is 1.79 bits per heavy atom. The van der Waals surface area contributed by atoms with E-state index in [1.165, 1.54) is 42.7 Å². The molecule has 0 aromatic heterocycles. The Kier molecular flexibility index (Phi) is 7.07. The van der Waals surface area contributed by atoms with Crippen LogP contribution in [0, 0.1) is 11.6 Å². The second kappa shape index (κ2) is 10.4. The number of hydrogen-bond donors (Lipinski definition) is 0. The van der Waals surface area contributed by atoms with Crippen molar-refractivity contribution in [2.45, 2.75) is 69.2 Å². The number of halogens is 2. The van der Waals surface area contributed by atoms with Crippen molar-refractivity contribution in [1.82, 2.24) is 4.90 Å². The van der Waals surface area contributed by atoms with Crippen molar-refractivity contribution in [3.8, 4) is 0 Å². The van der Waals surface area contributed by atoms with Gasteiger partial charge in [-0.3, -0.25) is 4.90 Å². The molecule has 0 aliphatic carbocycles. The fourth-order valence-corrected chi connectivity index (χ4v) is 5.90. The van der Waals surface area contributed by atoms with Gasteiger partial charge in [0.1, 0.15) is 17.7 Å². The lowest BCUT2D eigenvalue weighted by molar-refractivity contribution is -0.0493. The predicted molar refractivity (Wildman–Crippen MR) is 132 cm³/mol. The van der Waals surface area contributed by atoms with Crippen LogP contribution in [-0.4, -0.2) is 29.6 Å². The van der Waals surface area contributed by atoms with E-state index in [1.54, 1.807) is 24.3 Å². The van der Waals surface area contributed by atoms with Gasteiger partial charge >= 0.3 is 0 Å². The first-order valence-corrected chi connectivity index (χ1v) is 12.6. The van der Waals surface area contributed by atoms with Crippen LogP contribution in [0.2, 0.25) is 0 Å². The molecule has 2 aliphatic rings. The average molecular weight is 462 g/mol. The summed E-state index contributed by atoms with van der Waals surface area (Å²) >= 11 is 0. The van der Waals surface area contributed by atoms with Gasteiger partial charge in [-0.05, 0) is 79.0 Å². The van der Waals surface area contributed by atoms with Crippen molar-refractivity contribution in [3.05, 3.63) is 107 Å². The first kappa shape index (κ1) is 23.2. The zero-order valence-electron chi connectivity index (χ0n) is 19.7. The van der Waals surface area contributed by atoms with Crippen LogP contribution in [0.1, 0.15) is 67.7 Å². The topological polar surface area (TPSA) is 12.5 Å². The van der Waals surface area contributed by atoms with Crippen molar-refractivity contribution in [2.75, 3.05) is 6.54 Å². The van der Waals surface area contributed by atoms with Crippen LogP contribution in [0.25, 0.3) is 0 Å². The first-order valence-electron chi connectivity index (χ1n) is 12.6. The fraction of sp³-hybridized carbons (Fsp3) is 0.400. The van der Waals surface area contributed by atoms with E-state index in [0.29, 0.717) is 18.0 Å². The van der Waals surface area contributed by atoms with Gasteiger partial charge in [0.15, 0.2) is 0 Å². The average Bonchev–Trinajstić information content (AvgIpc) is 3.09. The second-order valence-corrected chi connectivity index (χ2v) is 9.81. The Hall–Kier alpha value is -2.56. The molecule has 2 saturated heterocycles. The minimum absolute atomic E-state index is 0.130. The molecule has 1 unspecified atom stereocenters. The summed E-state index contributed by atoms with van der Waals surface area (Å²) in [6, 6.07) is 24.9. The Bertz CT molecular complexity index is 994. The largest absolute Gasteiger partial charge is 0.365 e. The molecule has 0 radical (unpaired) electrons. The summed E-state index contributed by atoms with van der Waals surface area (Å²) in [6.07, 6.45) is 5.37. The second-order valence-electron chi connectivity index (χ2n) is 9.81. The lowest BCUT2D eigenvalue weighted by Gasteiger charge is -2.41. The Morgan fingerprint density at radius 1 is 0.765 bits per heavy atom. The summed E-state index contributed by atoms with van der Waals surface area (Å²) in [5.41, 5.74) is 3.23. The van der Waals surface area contributed by atoms with Gasteiger partial charge in [0.05, 0.1) is 6.10 Å². The highest BCUT2D eigenvalue weighted by Crippen LogP contribution is 2.41. The van der Waals surface area contributed by atoms with E-state index in [4.69, 9.17) is 4.74 Å². The van der Waals surface area contributed by atoms with Crippen molar-refractivity contribution in [1.29, 1.82) is 0 Å². The molecular weight excluding hydrogens is 428 g/mol. The predicted octanol–water partition coefficient (Wildman–Crippen LogP) is 7.26. The van der Waals surface area contributed by atoms with Gasteiger partial charge in [-0.25, -0.2) is 8.78 Å². The molecule has 5 rings (SSSR count). The van der Waals surface area contributed by atoms with Crippen molar-refractivity contribution >= 4 is 0 Å². The first-order chi connectivity index (χ1) is 16.6. The molecule has 4 atom stereocenters. The van der Waals surface area contributed by atoms with Crippen LogP contribution >= 0.6 is 0 Å². The molecule has 178 valence electrons. The zero-order valence-corrected chi connectivity index (χ0v) is 19.7. The summed E-state index contributed by atoms with van der Waals surface area (Å²) in [6.45, 7) is 3.38. The number of hydrogen-bond acceptors (Lipinski definition) is 2. The van der Waals surface area contributed by atoms with Crippen LogP contribution in [0.15, 0.2) is 78.9 Å². The van der Waals surface area contributed by atoms with E-state index in [-0.39, 0.29) is 23.8 Å². The molecule has 4 heteroatoms. The maximum absolute atomic E-state index is 13.6. The van der Waals surface area contributed by atoms with Gasteiger partial charge in [0.25, 0.3) is 0 Å². The molecule has 2 heterocycles. The monoisotopic (exact) mass is 461 g/mol. The molecule has 3 aromatic rings. The number of ether oxygens (including phenoxy) is 1. The molecule has 2 nitrogen and oxygen atoms in total. The maximum Gasteiger partial charge on any atom is 0.123 e. The summed E-state index contributed by atoms with van der Waals surface area (Å²) in [4.78, 5) is 2.73.